The summed E-state index contributed by atoms with van der Waals surface area (Å²) < 4.78 is 5.56. The van der Waals surface area contributed by atoms with Crippen molar-refractivity contribution in [2.24, 2.45) is 0 Å². The molecule has 0 unspecified atom stereocenters. The minimum absolute atomic E-state index is 0.781. The van der Waals surface area contributed by atoms with Crippen molar-refractivity contribution in [2.45, 2.75) is 33.1 Å². The van der Waals surface area contributed by atoms with Crippen molar-refractivity contribution in [1.29, 1.82) is 0 Å². The molecular formula is C14H18O. The summed E-state index contributed by atoms with van der Waals surface area (Å²) in [6, 6.07) is 6.22. The maximum atomic E-state index is 5.56. The molecule has 0 saturated carbocycles. The van der Waals surface area contributed by atoms with Crippen LogP contribution in [0.5, 0.6) is 5.75 Å². The average molecular weight is 202 g/mol. The number of rotatable bonds is 5. The molecule has 0 bridgehead atoms. The van der Waals surface area contributed by atoms with Gasteiger partial charge in [0.15, 0.2) is 0 Å². The maximum absolute atomic E-state index is 5.56. The maximum Gasteiger partial charge on any atom is 0.119 e. The summed E-state index contributed by atoms with van der Waals surface area (Å²) in [5.41, 5.74) is 2.58. The molecule has 0 aliphatic carbocycles. The Morgan fingerprint density at radius 3 is 2.80 bits per heavy atom. The van der Waals surface area contributed by atoms with Gasteiger partial charge in [0.1, 0.15) is 5.75 Å². The highest BCUT2D eigenvalue weighted by Crippen LogP contribution is 2.18. The molecule has 1 nitrogen and oxygen atoms in total. The van der Waals surface area contributed by atoms with Crippen molar-refractivity contribution in [3.8, 4) is 18.1 Å². The van der Waals surface area contributed by atoms with Crippen LogP contribution >= 0.6 is 0 Å². The van der Waals surface area contributed by atoms with Crippen LogP contribution in [0.15, 0.2) is 18.2 Å². The molecule has 0 heterocycles. The largest absolute Gasteiger partial charge is 0.494 e. The van der Waals surface area contributed by atoms with Crippen molar-refractivity contribution in [1.82, 2.24) is 0 Å². The van der Waals surface area contributed by atoms with Crippen LogP contribution in [0.1, 0.15) is 30.9 Å². The minimum Gasteiger partial charge on any atom is -0.494 e. The summed E-state index contributed by atoms with van der Waals surface area (Å²) in [4.78, 5) is 0. The molecule has 0 amide bonds. The zero-order chi connectivity index (χ0) is 11.1. The lowest BCUT2D eigenvalue weighted by molar-refractivity contribution is 0.317. The lowest BCUT2D eigenvalue weighted by Gasteiger charge is -2.08. The van der Waals surface area contributed by atoms with Gasteiger partial charge in [-0.15, -0.1) is 12.3 Å². The minimum atomic E-state index is 0.781. The second-order valence-electron chi connectivity index (χ2n) is 3.64. The van der Waals surface area contributed by atoms with Gasteiger partial charge in [0.2, 0.25) is 0 Å². The van der Waals surface area contributed by atoms with Gasteiger partial charge in [-0.3, -0.25) is 0 Å². The fourth-order valence-electron chi connectivity index (χ4n) is 1.47. The summed E-state index contributed by atoms with van der Waals surface area (Å²) in [5.74, 6) is 3.62. The van der Waals surface area contributed by atoms with Crippen molar-refractivity contribution in [3.05, 3.63) is 29.3 Å². The van der Waals surface area contributed by atoms with Crippen LogP contribution in [0.2, 0.25) is 0 Å². The molecule has 0 radical (unpaired) electrons. The van der Waals surface area contributed by atoms with Crippen molar-refractivity contribution < 1.29 is 4.74 Å². The van der Waals surface area contributed by atoms with E-state index >= 15 is 0 Å². The monoisotopic (exact) mass is 202 g/mol. The first-order valence-corrected chi connectivity index (χ1v) is 5.43. The molecule has 80 valence electrons. The van der Waals surface area contributed by atoms with E-state index in [-0.39, 0.29) is 0 Å². The summed E-state index contributed by atoms with van der Waals surface area (Å²) >= 11 is 0. The number of ether oxygens (including phenoxy) is 1. The highest BCUT2D eigenvalue weighted by Gasteiger charge is 2.00. The predicted molar refractivity (Wildman–Crippen MR) is 64.1 cm³/mol. The molecule has 1 aromatic rings. The third kappa shape index (κ3) is 3.67. The van der Waals surface area contributed by atoms with Crippen LogP contribution in [0.4, 0.5) is 0 Å². The van der Waals surface area contributed by atoms with E-state index in [9.17, 15) is 0 Å². The van der Waals surface area contributed by atoms with E-state index in [4.69, 9.17) is 11.2 Å². The topological polar surface area (TPSA) is 9.23 Å². The molecule has 0 aromatic heterocycles. The third-order valence-corrected chi connectivity index (χ3v) is 2.33. The molecule has 0 aliphatic rings. The first-order valence-electron chi connectivity index (χ1n) is 5.43. The molecule has 0 spiro atoms. The molecule has 1 aromatic carbocycles. The Morgan fingerprint density at radius 1 is 1.40 bits per heavy atom. The van der Waals surface area contributed by atoms with Gasteiger partial charge in [-0.1, -0.05) is 13.0 Å². The first kappa shape index (κ1) is 11.7. The summed E-state index contributed by atoms with van der Waals surface area (Å²) in [6.07, 6.45) is 8.04. The Hall–Kier alpha value is -1.42. The molecule has 0 atom stereocenters. The highest BCUT2D eigenvalue weighted by atomic mass is 16.5. The predicted octanol–water partition coefficient (Wildman–Crippen LogP) is 3.35. The third-order valence-electron chi connectivity index (χ3n) is 2.33. The normalized spacial score (nSPS) is 9.67. The van der Waals surface area contributed by atoms with Crippen LogP contribution in [0, 0.1) is 19.3 Å². The van der Waals surface area contributed by atoms with E-state index in [1.54, 1.807) is 0 Å². The SMILES string of the molecule is C#CCCc1ccc(OCCC)cc1C. The lowest BCUT2D eigenvalue weighted by Crippen LogP contribution is -1.96. The first-order chi connectivity index (χ1) is 7.27. The molecule has 1 heteroatoms. The molecular weight excluding hydrogens is 184 g/mol. The van der Waals surface area contributed by atoms with Gasteiger partial charge in [-0.2, -0.15) is 0 Å². The smallest absolute Gasteiger partial charge is 0.119 e. The molecule has 0 N–H and O–H groups in total. The fourth-order valence-corrected chi connectivity index (χ4v) is 1.47. The number of aryl methyl sites for hydroxylation is 2. The zero-order valence-electron chi connectivity index (χ0n) is 9.55. The van der Waals surface area contributed by atoms with E-state index in [1.807, 2.05) is 6.07 Å². The summed E-state index contributed by atoms with van der Waals surface area (Å²) in [6.45, 7) is 4.99. The Morgan fingerprint density at radius 2 is 2.20 bits per heavy atom. The number of hydrogen-bond acceptors (Lipinski definition) is 1. The molecule has 0 saturated heterocycles. The number of hydrogen-bond donors (Lipinski definition) is 0. The average Bonchev–Trinajstić information content (AvgIpc) is 2.25. The van der Waals surface area contributed by atoms with E-state index in [0.717, 1.165) is 31.6 Å². The summed E-state index contributed by atoms with van der Waals surface area (Å²) in [7, 11) is 0. The van der Waals surface area contributed by atoms with Gasteiger partial charge in [0.25, 0.3) is 0 Å². The fraction of sp³-hybridized carbons (Fsp3) is 0.429. The van der Waals surface area contributed by atoms with Crippen molar-refractivity contribution in [2.75, 3.05) is 6.61 Å². The van der Waals surface area contributed by atoms with Crippen LogP contribution in [-0.2, 0) is 6.42 Å². The molecule has 0 aliphatic heterocycles. The Bertz CT molecular complexity index is 347. The summed E-state index contributed by atoms with van der Waals surface area (Å²) in [5, 5.41) is 0. The highest BCUT2D eigenvalue weighted by molar-refractivity contribution is 5.35. The van der Waals surface area contributed by atoms with Gasteiger partial charge < -0.3 is 4.74 Å². The van der Waals surface area contributed by atoms with Gasteiger partial charge in [0, 0.05) is 6.42 Å². The van der Waals surface area contributed by atoms with Crippen LogP contribution in [0.25, 0.3) is 0 Å². The second-order valence-corrected chi connectivity index (χ2v) is 3.64. The van der Waals surface area contributed by atoms with E-state index < -0.39 is 0 Å². The molecule has 15 heavy (non-hydrogen) atoms. The van der Waals surface area contributed by atoms with Gasteiger partial charge in [-0.05, 0) is 43.0 Å². The lowest BCUT2D eigenvalue weighted by atomic mass is 10.0. The van der Waals surface area contributed by atoms with E-state index in [2.05, 4.69) is 31.9 Å². The van der Waals surface area contributed by atoms with Gasteiger partial charge in [-0.25, -0.2) is 0 Å². The van der Waals surface area contributed by atoms with E-state index in [1.165, 1.54) is 11.1 Å². The quantitative estimate of drug-likeness (QED) is 0.665. The van der Waals surface area contributed by atoms with Gasteiger partial charge >= 0.3 is 0 Å². The number of terminal acetylenes is 1. The second kappa shape index (κ2) is 6.14. The standard InChI is InChI=1S/C14H18O/c1-4-6-7-13-8-9-14(11-12(13)3)15-10-5-2/h1,8-9,11H,5-7,10H2,2-3H3. The zero-order valence-corrected chi connectivity index (χ0v) is 9.55. The Balaban J connectivity index is 2.66. The molecule has 0 fully saturated rings. The van der Waals surface area contributed by atoms with Gasteiger partial charge in [0.05, 0.1) is 6.61 Å². The Labute approximate surface area is 92.5 Å². The Kier molecular flexibility index (Phi) is 4.77. The van der Waals surface area contributed by atoms with E-state index in [0.29, 0.717) is 0 Å². The molecule has 1 rings (SSSR count). The van der Waals surface area contributed by atoms with Crippen molar-refractivity contribution in [3.63, 3.8) is 0 Å². The van der Waals surface area contributed by atoms with Crippen LogP contribution in [-0.4, -0.2) is 6.61 Å². The van der Waals surface area contributed by atoms with Crippen LogP contribution in [0.3, 0.4) is 0 Å². The van der Waals surface area contributed by atoms with Crippen molar-refractivity contribution >= 4 is 0 Å². The van der Waals surface area contributed by atoms with Crippen LogP contribution < -0.4 is 4.74 Å². The number of benzene rings is 1.